The van der Waals surface area contributed by atoms with Crippen LogP contribution in [0, 0.1) is 11.3 Å². The fraction of sp³-hybridized carbons (Fsp3) is 0.481. The lowest BCUT2D eigenvalue weighted by Gasteiger charge is -2.43. The molecule has 8 atom stereocenters. The van der Waals surface area contributed by atoms with Crippen LogP contribution in [0.5, 0.6) is 11.5 Å². The summed E-state index contributed by atoms with van der Waals surface area (Å²) < 4.78 is 80.2. The van der Waals surface area contributed by atoms with Crippen molar-refractivity contribution in [3.63, 3.8) is 0 Å². The Kier molecular flexibility index (Phi) is 17.9. The molecule has 0 aliphatic carbocycles. The first-order valence-electron chi connectivity index (χ1n) is 24.1. The number of nitrogens with one attached hydrogen (secondary N) is 2. The van der Waals surface area contributed by atoms with Crippen LogP contribution >= 0.6 is 7.29 Å². The normalized spacial score (nSPS) is 22.4. The van der Waals surface area contributed by atoms with E-state index in [1.165, 1.54) is 30.1 Å². The third-order valence-electron chi connectivity index (χ3n) is 13.7. The predicted octanol–water partition coefficient (Wildman–Crippen LogP) is 5.26. The van der Waals surface area contributed by atoms with Crippen LogP contribution in [0.2, 0.25) is 0 Å². The number of nitrogens with zero attached hydrogens (tertiary/aromatic N) is 5. The molecule has 2 N–H and O–H groups in total. The Balaban J connectivity index is 1.20. The first kappa shape index (κ1) is 54.8. The Morgan fingerprint density at radius 1 is 0.740 bits per heavy atom. The first-order valence-corrected chi connectivity index (χ1v) is 25.9. The minimum atomic E-state index is -3.28. The molecule has 19 nitrogen and oxygen atoms in total. The molecule has 0 spiro atoms. The number of hydrogen-bond donors (Lipinski definition) is 2. The Bertz CT molecular complexity index is 2880. The molecule has 2 aromatic heterocycles. The zero-order valence-corrected chi connectivity index (χ0v) is 43.2. The van der Waals surface area contributed by atoms with Crippen molar-refractivity contribution >= 4 is 7.29 Å². The number of alkyl halides is 1. The van der Waals surface area contributed by atoms with E-state index >= 15 is 8.96 Å². The summed E-state index contributed by atoms with van der Waals surface area (Å²) in [5.74, 6) is 1.24. The fourth-order valence-electron chi connectivity index (χ4n) is 10.1. The second-order valence-electron chi connectivity index (χ2n) is 18.6. The van der Waals surface area contributed by atoms with Crippen molar-refractivity contribution < 1.29 is 42.1 Å². The number of methoxy groups -OCH3 is 3. The van der Waals surface area contributed by atoms with E-state index in [0.717, 1.165) is 16.2 Å². The van der Waals surface area contributed by atoms with Crippen LogP contribution in [0.3, 0.4) is 0 Å². The molecule has 392 valence electrons. The molecule has 0 saturated carbocycles. The molecule has 5 aromatic rings. The maximum absolute atomic E-state index is 17.2. The monoisotopic (exact) mass is 1030 g/mol. The minimum Gasteiger partial charge on any atom is -0.497 e. The largest absolute Gasteiger partial charge is 0.497 e. The highest BCUT2D eigenvalue weighted by Gasteiger charge is 2.55. The molecular formula is C52H65FN7O12P. The summed E-state index contributed by atoms with van der Waals surface area (Å²) in [6, 6.07) is 28.1. The van der Waals surface area contributed by atoms with Crippen molar-refractivity contribution in [3.8, 4) is 17.6 Å². The average molecular weight is 1030 g/mol. The van der Waals surface area contributed by atoms with E-state index in [4.69, 9.17) is 33.2 Å². The molecule has 2 aliphatic heterocycles. The lowest BCUT2D eigenvalue weighted by molar-refractivity contribution is -0.105. The van der Waals surface area contributed by atoms with E-state index in [-0.39, 0.29) is 50.6 Å². The number of halogens is 1. The SMILES string of the molecule is COc1ccc(C(OC[C@H]2O[C@@H](n3ccc(=O)[nH]c3=O)[C@H](F)[C@@H]2OCCN(C)C[C@H]2O[C@@H](n3ccc(=O)[nH]c3=O)[C@H](OC)[C@@H]2N(CCC#N)P(=O)(C(C)C)C(C)C)(c2ccccc2)c2ccc(OC)cc2)cc1. The van der Waals surface area contributed by atoms with Gasteiger partial charge in [-0.2, -0.15) is 5.26 Å². The quantitative estimate of drug-likeness (QED) is 0.0630. The Labute approximate surface area is 422 Å². The van der Waals surface area contributed by atoms with Gasteiger partial charge in [0.1, 0.15) is 35.4 Å². The summed E-state index contributed by atoms with van der Waals surface area (Å²) in [6.45, 7) is 7.65. The van der Waals surface area contributed by atoms with Crippen LogP contribution in [-0.2, 0) is 33.9 Å². The van der Waals surface area contributed by atoms with E-state index in [9.17, 15) is 24.4 Å². The summed E-state index contributed by atoms with van der Waals surface area (Å²) in [7, 11) is 3.13. The predicted molar refractivity (Wildman–Crippen MR) is 270 cm³/mol. The van der Waals surface area contributed by atoms with E-state index in [1.807, 2.05) is 116 Å². The molecule has 4 heterocycles. The Morgan fingerprint density at radius 3 is 1.75 bits per heavy atom. The molecular weight excluding hydrogens is 965 g/mol. The van der Waals surface area contributed by atoms with E-state index < -0.39 is 84.5 Å². The van der Waals surface area contributed by atoms with Gasteiger partial charge in [-0.05, 0) is 48.0 Å². The second-order valence-corrected chi connectivity index (χ2v) is 22.6. The van der Waals surface area contributed by atoms with E-state index in [0.29, 0.717) is 22.6 Å². The summed E-state index contributed by atoms with van der Waals surface area (Å²) in [6.07, 6.45) is -6.09. The number of ether oxygens (including phenoxy) is 7. The Hall–Kier alpha value is -6.01. The average Bonchev–Trinajstić information content (AvgIpc) is 3.89. The van der Waals surface area contributed by atoms with E-state index in [2.05, 4.69) is 16.0 Å². The van der Waals surface area contributed by atoms with Crippen molar-refractivity contribution in [2.75, 3.05) is 61.2 Å². The van der Waals surface area contributed by atoms with Gasteiger partial charge < -0.3 is 42.6 Å². The Morgan fingerprint density at radius 2 is 1.26 bits per heavy atom. The smallest absolute Gasteiger partial charge is 0.330 e. The highest BCUT2D eigenvalue weighted by molar-refractivity contribution is 7.62. The van der Waals surface area contributed by atoms with Gasteiger partial charge in [0.15, 0.2) is 25.9 Å². The summed E-state index contributed by atoms with van der Waals surface area (Å²) in [4.78, 5) is 57.0. The number of aromatic nitrogens is 4. The second kappa shape index (κ2) is 23.9. The molecule has 0 unspecified atom stereocenters. The van der Waals surface area contributed by atoms with Gasteiger partial charge in [-0.15, -0.1) is 0 Å². The number of likely N-dealkylation sites (N-methyl/N-ethyl adjacent to an activating group) is 1. The van der Waals surface area contributed by atoms with Crippen molar-refractivity contribution in [2.24, 2.45) is 0 Å². The van der Waals surface area contributed by atoms with Crippen molar-refractivity contribution in [1.82, 2.24) is 28.7 Å². The van der Waals surface area contributed by atoms with Crippen LogP contribution < -0.4 is 32.0 Å². The third kappa shape index (κ3) is 11.4. The van der Waals surface area contributed by atoms with E-state index in [1.54, 1.807) is 21.3 Å². The fourth-order valence-corrected chi connectivity index (χ4v) is 13.6. The summed E-state index contributed by atoms with van der Waals surface area (Å²) >= 11 is 0. The molecule has 0 amide bonds. The topological polar surface area (TPSA) is 222 Å². The van der Waals surface area contributed by atoms with Crippen LogP contribution in [0.15, 0.2) is 123 Å². The van der Waals surface area contributed by atoms with Gasteiger partial charge in [-0.3, -0.25) is 28.7 Å². The van der Waals surface area contributed by atoms with Crippen LogP contribution in [0.4, 0.5) is 4.39 Å². The van der Waals surface area contributed by atoms with Crippen LogP contribution in [-0.4, -0.2) is 138 Å². The van der Waals surface area contributed by atoms with Gasteiger partial charge in [0, 0.05) is 69.0 Å². The van der Waals surface area contributed by atoms with Gasteiger partial charge in [0.25, 0.3) is 11.1 Å². The number of H-pyrrole nitrogens is 2. The van der Waals surface area contributed by atoms with Gasteiger partial charge in [0.05, 0.1) is 45.6 Å². The first-order chi connectivity index (χ1) is 35.0. The zero-order chi connectivity index (χ0) is 52.6. The lowest BCUT2D eigenvalue weighted by atomic mass is 9.80. The highest BCUT2D eigenvalue weighted by Crippen LogP contribution is 2.61. The molecule has 2 fully saturated rings. The minimum absolute atomic E-state index is 0.0492. The van der Waals surface area contributed by atoms with Crippen molar-refractivity contribution in [3.05, 3.63) is 162 Å². The summed E-state index contributed by atoms with van der Waals surface area (Å²) in [5.41, 5.74) is -2.66. The zero-order valence-electron chi connectivity index (χ0n) is 42.3. The maximum atomic E-state index is 17.2. The van der Waals surface area contributed by atoms with Gasteiger partial charge in [-0.25, -0.2) is 18.6 Å². The number of nitriles is 1. The molecule has 21 heteroatoms. The van der Waals surface area contributed by atoms with Gasteiger partial charge in [-0.1, -0.05) is 82.3 Å². The molecule has 0 bridgehead atoms. The van der Waals surface area contributed by atoms with Gasteiger partial charge >= 0.3 is 11.4 Å². The number of rotatable bonds is 23. The maximum Gasteiger partial charge on any atom is 0.330 e. The molecule has 2 aliphatic rings. The molecule has 73 heavy (non-hydrogen) atoms. The number of benzene rings is 3. The van der Waals surface area contributed by atoms with Crippen molar-refractivity contribution in [2.45, 2.75) is 100 Å². The third-order valence-corrected chi connectivity index (χ3v) is 17.9. The molecule has 3 aromatic carbocycles. The highest BCUT2D eigenvalue weighted by atomic mass is 31.2. The van der Waals surface area contributed by atoms with Crippen LogP contribution in [0.1, 0.15) is 63.3 Å². The standard InChI is InChI=1S/C52H65FN7O12P/c1-33(2)73(65,34(3)4)60(26-12-25-54)45-40(71-49(47(45)68-8)59-28-24-43(62)56-51(59)64)31-57(5)29-30-69-46-41(72-48(44(46)53)58-27-23-42(61)55-50(58)63)32-70-52(35-13-10-9-11-14-35,36-15-19-38(66-6)20-16-36)37-17-21-39(67-7)22-18-37/h9-11,13-24,27-28,33-34,40-41,44-49H,12,26,29-32H2,1-8H3,(H,55,61,63)(H,56,62,64)/t40-,41-,44-,45-,46-,47-,48-,49-/m1/s1. The van der Waals surface area contributed by atoms with Gasteiger partial charge in [0.2, 0.25) is 0 Å². The molecule has 7 rings (SSSR count). The molecule has 0 radical (unpaired) electrons. The summed E-state index contributed by atoms with van der Waals surface area (Å²) in [5, 5.41) is 9.81. The molecule has 2 saturated heterocycles. The number of hydrogen-bond acceptors (Lipinski definition) is 14. The van der Waals surface area contributed by atoms with Crippen LogP contribution in [0.25, 0.3) is 0 Å². The lowest BCUT2D eigenvalue weighted by Crippen LogP contribution is -2.52. The number of aromatic amines is 2. The van der Waals surface area contributed by atoms with Crippen molar-refractivity contribution in [1.29, 1.82) is 5.26 Å².